The van der Waals surface area contributed by atoms with Crippen molar-refractivity contribution in [3.05, 3.63) is 29.8 Å². The van der Waals surface area contributed by atoms with Crippen molar-refractivity contribution >= 4 is 15.9 Å². The quantitative estimate of drug-likeness (QED) is 0.692. The molecular weight excluding hydrogens is 352 g/mol. The molecule has 6 nitrogen and oxygen atoms in total. The first-order chi connectivity index (χ1) is 12.4. The van der Waals surface area contributed by atoms with Crippen molar-refractivity contribution in [2.45, 2.75) is 45.1 Å². The second-order valence-electron chi connectivity index (χ2n) is 6.80. The number of para-hydroxylation sites is 1. The fourth-order valence-electron chi connectivity index (χ4n) is 3.51. The Kier molecular flexibility index (Phi) is 7.46. The fraction of sp³-hybridized carbons (Fsp3) is 0.632. The van der Waals surface area contributed by atoms with Gasteiger partial charge in [-0.2, -0.15) is 4.31 Å². The Labute approximate surface area is 157 Å². The summed E-state index contributed by atoms with van der Waals surface area (Å²) in [5, 5.41) is 0. The highest BCUT2D eigenvalue weighted by atomic mass is 32.2. The number of ether oxygens (including phenoxy) is 1. The third kappa shape index (κ3) is 5.45. The average Bonchev–Trinajstić information content (AvgIpc) is 2.64. The zero-order chi connectivity index (χ0) is 19.2. The number of rotatable bonds is 8. The Morgan fingerprint density at radius 3 is 2.69 bits per heavy atom. The van der Waals surface area contributed by atoms with Gasteiger partial charge >= 0.3 is 0 Å². The Morgan fingerprint density at radius 2 is 2.04 bits per heavy atom. The van der Waals surface area contributed by atoms with Crippen LogP contribution < -0.4 is 4.74 Å². The number of benzene rings is 1. The van der Waals surface area contributed by atoms with Gasteiger partial charge in [-0.3, -0.25) is 4.79 Å². The number of likely N-dealkylation sites (tertiary alicyclic amines) is 1. The molecule has 0 saturated carbocycles. The van der Waals surface area contributed by atoms with Crippen LogP contribution in [-0.4, -0.2) is 62.6 Å². The van der Waals surface area contributed by atoms with Crippen LogP contribution in [0.4, 0.5) is 0 Å². The van der Waals surface area contributed by atoms with Gasteiger partial charge in [-0.15, -0.1) is 0 Å². The molecule has 146 valence electrons. The van der Waals surface area contributed by atoms with E-state index in [-0.39, 0.29) is 25.0 Å². The molecule has 1 fully saturated rings. The van der Waals surface area contributed by atoms with Crippen LogP contribution in [0.15, 0.2) is 24.3 Å². The molecule has 0 N–H and O–H groups in total. The molecule has 0 aromatic heterocycles. The van der Waals surface area contributed by atoms with Gasteiger partial charge < -0.3 is 9.64 Å². The summed E-state index contributed by atoms with van der Waals surface area (Å²) >= 11 is 0. The molecule has 1 aromatic carbocycles. The van der Waals surface area contributed by atoms with Crippen LogP contribution in [0.1, 0.15) is 38.2 Å². The number of carbonyl (C=O) groups excluding carboxylic acids is 1. The molecule has 7 heteroatoms. The van der Waals surface area contributed by atoms with E-state index in [1.165, 1.54) is 4.31 Å². The van der Waals surface area contributed by atoms with Crippen molar-refractivity contribution in [1.29, 1.82) is 0 Å². The molecule has 0 spiro atoms. The molecule has 0 radical (unpaired) electrons. The van der Waals surface area contributed by atoms with Gasteiger partial charge in [-0.25, -0.2) is 8.42 Å². The Bertz CT molecular complexity index is 705. The summed E-state index contributed by atoms with van der Waals surface area (Å²) in [6, 6.07) is 7.77. The largest absolute Gasteiger partial charge is 0.496 e. The van der Waals surface area contributed by atoms with Crippen LogP contribution in [-0.2, 0) is 21.2 Å². The van der Waals surface area contributed by atoms with Crippen molar-refractivity contribution in [1.82, 2.24) is 9.21 Å². The van der Waals surface area contributed by atoms with Crippen molar-refractivity contribution < 1.29 is 17.9 Å². The second-order valence-corrected chi connectivity index (χ2v) is 8.79. The maximum atomic E-state index is 12.8. The molecule has 1 atom stereocenters. The SMILES string of the molecule is CCC1CCCCN1C(=O)CN(CCc1ccccc1OC)S(C)(=O)=O. The maximum Gasteiger partial charge on any atom is 0.238 e. The summed E-state index contributed by atoms with van der Waals surface area (Å²) in [6.07, 6.45) is 5.69. The number of piperidine rings is 1. The molecular formula is C19H30N2O4S. The summed E-state index contributed by atoms with van der Waals surface area (Å²) in [6.45, 7) is 2.97. The summed E-state index contributed by atoms with van der Waals surface area (Å²) < 4.78 is 31.0. The molecule has 1 aliphatic heterocycles. The molecule has 1 saturated heterocycles. The van der Waals surface area contributed by atoms with Crippen molar-refractivity contribution in [2.24, 2.45) is 0 Å². The summed E-state index contributed by atoms with van der Waals surface area (Å²) in [7, 11) is -1.87. The van der Waals surface area contributed by atoms with Crippen molar-refractivity contribution in [2.75, 3.05) is 33.0 Å². The van der Waals surface area contributed by atoms with E-state index in [1.54, 1.807) is 7.11 Å². The van der Waals surface area contributed by atoms with Gasteiger partial charge in [0.05, 0.1) is 19.9 Å². The normalized spacial score (nSPS) is 18.2. The van der Waals surface area contributed by atoms with E-state index < -0.39 is 10.0 Å². The maximum absolute atomic E-state index is 12.8. The zero-order valence-electron chi connectivity index (χ0n) is 16.0. The molecule has 1 aromatic rings. The lowest BCUT2D eigenvalue weighted by Gasteiger charge is -2.36. The van der Waals surface area contributed by atoms with Gasteiger partial charge in [0.2, 0.25) is 15.9 Å². The molecule has 1 unspecified atom stereocenters. The predicted molar refractivity (Wildman–Crippen MR) is 103 cm³/mol. The molecule has 2 rings (SSSR count). The van der Waals surface area contributed by atoms with Gasteiger partial charge in [0.1, 0.15) is 5.75 Å². The summed E-state index contributed by atoms with van der Waals surface area (Å²) in [5.74, 6) is 0.636. The van der Waals surface area contributed by atoms with E-state index in [9.17, 15) is 13.2 Å². The Balaban J connectivity index is 2.06. The van der Waals surface area contributed by atoms with Crippen LogP contribution in [0.3, 0.4) is 0 Å². The van der Waals surface area contributed by atoms with Crippen LogP contribution in [0, 0.1) is 0 Å². The number of sulfonamides is 1. The molecule has 0 aliphatic carbocycles. The highest BCUT2D eigenvalue weighted by Gasteiger charge is 2.29. The van der Waals surface area contributed by atoms with Gasteiger partial charge in [0, 0.05) is 19.1 Å². The standard InChI is InChI=1S/C19H30N2O4S/c1-4-17-10-7-8-13-21(17)19(22)15-20(26(3,23)24)14-12-16-9-5-6-11-18(16)25-2/h5-6,9,11,17H,4,7-8,10,12-15H2,1-3H3. The number of carbonyl (C=O) groups is 1. The lowest BCUT2D eigenvalue weighted by Crippen LogP contribution is -2.49. The van der Waals surface area contributed by atoms with E-state index >= 15 is 0 Å². The number of hydrogen-bond acceptors (Lipinski definition) is 4. The monoisotopic (exact) mass is 382 g/mol. The van der Waals surface area contributed by atoms with Crippen LogP contribution in [0.2, 0.25) is 0 Å². The number of nitrogens with zero attached hydrogens (tertiary/aromatic N) is 2. The van der Waals surface area contributed by atoms with E-state index in [0.717, 1.165) is 49.8 Å². The molecule has 1 heterocycles. The average molecular weight is 383 g/mol. The summed E-state index contributed by atoms with van der Waals surface area (Å²) in [5.41, 5.74) is 0.931. The van der Waals surface area contributed by atoms with Gasteiger partial charge in [0.25, 0.3) is 0 Å². The highest BCUT2D eigenvalue weighted by Crippen LogP contribution is 2.21. The third-order valence-electron chi connectivity index (χ3n) is 5.02. The minimum Gasteiger partial charge on any atom is -0.496 e. The highest BCUT2D eigenvalue weighted by molar-refractivity contribution is 7.88. The van der Waals surface area contributed by atoms with E-state index in [0.29, 0.717) is 6.42 Å². The number of hydrogen-bond donors (Lipinski definition) is 0. The van der Waals surface area contributed by atoms with Crippen LogP contribution in [0.25, 0.3) is 0 Å². The Morgan fingerprint density at radius 1 is 1.31 bits per heavy atom. The van der Waals surface area contributed by atoms with E-state index in [4.69, 9.17) is 4.74 Å². The van der Waals surface area contributed by atoms with Gasteiger partial charge in [-0.1, -0.05) is 25.1 Å². The lowest BCUT2D eigenvalue weighted by atomic mass is 10.00. The topological polar surface area (TPSA) is 66.9 Å². The summed E-state index contributed by atoms with van der Waals surface area (Å²) in [4.78, 5) is 14.6. The Hall–Kier alpha value is -1.60. The predicted octanol–water partition coefficient (Wildman–Crippen LogP) is 2.29. The van der Waals surface area contributed by atoms with Gasteiger partial charge in [0.15, 0.2) is 0 Å². The van der Waals surface area contributed by atoms with E-state index in [1.807, 2.05) is 29.2 Å². The first-order valence-corrected chi connectivity index (χ1v) is 11.1. The first kappa shape index (κ1) is 20.7. The minimum absolute atomic E-state index is 0.0928. The fourth-order valence-corrected chi connectivity index (χ4v) is 4.28. The molecule has 26 heavy (non-hydrogen) atoms. The smallest absolute Gasteiger partial charge is 0.238 e. The van der Waals surface area contributed by atoms with Crippen LogP contribution in [0.5, 0.6) is 5.75 Å². The van der Waals surface area contributed by atoms with Crippen molar-refractivity contribution in [3.63, 3.8) is 0 Å². The molecule has 1 aliphatic rings. The van der Waals surface area contributed by atoms with Crippen molar-refractivity contribution in [3.8, 4) is 5.75 Å². The van der Waals surface area contributed by atoms with E-state index in [2.05, 4.69) is 6.92 Å². The second kappa shape index (κ2) is 9.37. The molecule has 0 bridgehead atoms. The number of amides is 1. The minimum atomic E-state index is -3.47. The first-order valence-electron chi connectivity index (χ1n) is 9.23. The van der Waals surface area contributed by atoms with Gasteiger partial charge in [-0.05, 0) is 43.7 Å². The third-order valence-corrected chi connectivity index (χ3v) is 6.27. The molecule has 1 amide bonds. The number of methoxy groups -OCH3 is 1. The lowest BCUT2D eigenvalue weighted by molar-refractivity contribution is -0.135. The zero-order valence-corrected chi connectivity index (χ0v) is 16.8. The van der Waals surface area contributed by atoms with Crippen LogP contribution >= 0.6 is 0 Å².